The molecule has 0 radical (unpaired) electrons. The van der Waals surface area contributed by atoms with Crippen LogP contribution < -0.4 is 14.3 Å². The molecule has 0 spiro atoms. The first kappa shape index (κ1) is 19.7. The van der Waals surface area contributed by atoms with E-state index in [9.17, 15) is 21.6 Å². The fourth-order valence-corrected chi connectivity index (χ4v) is 3.63. The summed E-state index contributed by atoms with van der Waals surface area (Å²) >= 11 is 0. The van der Waals surface area contributed by atoms with Crippen LogP contribution in [0.5, 0.6) is 0 Å². The van der Waals surface area contributed by atoms with Crippen molar-refractivity contribution >= 4 is 43.0 Å². The van der Waals surface area contributed by atoms with Crippen molar-refractivity contribution in [1.29, 1.82) is 0 Å². The number of hydrogen-bond donors (Lipinski definition) is 2. The molecule has 8 nitrogen and oxygen atoms in total. The van der Waals surface area contributed by atoms with Crippen LogP contribution in [0.25, 0.3) is 0 Å². The Labute approximate surface area is 152 Å². The Hall–Kier alpha value is -2.59. The van der Waals surface area contributed by atoms with E-state index in [4.69, 9.17) is 0 Å². The zero-order chi connectivity index (χ0) is 19.5. The van der Waals surface area contributed by atoms with E-state index in [1.807, 2.05) is 0 Å². The molecule has 0 aliphatic heterocycles. The molecule has 2 N–H and O–H groups in total. The second-order valence-electron chi connectivity index (χ2n) is 5.59. The van der Waals surface area contributed by atoms with Crippen LogP contribution in [0.15, 0.2) is 53.4 Å². The fourth-order valence-electron chi connectivity index (χ4n) is 2.07. The Morgan fingerprint density at radius 2 is 1.38 bits per heavy atom. The van der Waals surface area contributed by atoms with Gasteiger partial charge in [0, 0.05) is 25.3 Å². The molecular weight excluding hydrogens is 378 g/mol. The zero-order valence-electron chi connectivity index (χ0n) is 14.4. The molecule has 0 saturated carbocycles. The maximum absolute atomic E-state index is 12.4. The van der Waals surface area contributed by atoms with Crippen LogP contribution in [0.3, 0.4) is 0 Å². The van der Waals surface area contributed by atoms with Crippen molar-refractivity contribution in [2.24, 2.45) is 0 Å². The largest absolute Gasteiger partial charge is 0.326 e. The first-order valence-corrected chi connectivity index (χ1v) is 10.8. The van der Waals surface area contributed by atoms with Gasteiger partial charge in [-0.15, -0.1) is 0 Å². The topological polar surface area (TPSA) is 113 Å². The van der Waals surface area contributed by atoms with Crippen LogP contribution in [0, 0.1) is 0 Å². The zero-order valence-corrected chi connectivity index (χ0v) is 16.1. The van der Waals surface area contributed by atoms with E-state index in [1.54, 1.807) is 0 Å². The molecule has 0 heterocycles. The van der Waals surface area contributed by atoms with Gasteiger partial charge in [-0.1, -0.05) is 0 Å². The Kier molecular flexibility index (Phi) is 5.57. The molecule has 0 aliphatic rings. The van der Waals surface area contributed by atoms with Crippen molar-refractivity contribution in [3.05, 3.63) is 48.5 Å². The van der Waals surface area contributed by atoms with Crippen LogP contribution >= 0.6 is 0 Å². The van der Waals surface area contributed by atoms with Crippen molar-refractivity contribution in [1.82, 2.24) is 0 Å². The van der Waals surface area contributed by atoms with Gasteiger partial charge >= 0.3 is 0 Å². The SMILES string of the molecule is CC(=O)Nc1ccc(S(=O)(=O)Nc2ccc(N(C)S(C)(=O)=O)cc2)cc1. The minimum Gasteiger partial charge on any atom is -0.326 e. The standard InChI is InChI=1S/C16H19N3O5S2/c1-12(20)17-13-6-10-16(11-7-13)26(23,24)18-14-4-8-15(9-5-14)19(2)25(3,21)22/h4-11,18H,1-3H3,(H,17,20). The number of benzene rings is 2. The van der Waals surface area contributed by atoms with Crippen LogP contribution in [0.2, 0.25) is 0 Å². The quantitative estimate of drug-likeness (QED) is 0.772. The third-order valence-electron chi connectivity index (χ3n) is 3.47. The van der Waals surface area contributed by atoms with Gasteiger partial charge in [0.05, 0.1) is 16.8 Å². The van der Waals surface area contributed by atoms with Gasteiger partial charge in [0.25, 0.3) is 10.0 Å². The van der Waals surface area contributed by atoms with Gasteiger partial charge in [-0.25, -0.2) is 16.8 Å². The number of nitrogens with one attached hydrogen (secondary N) is 2. The number of hydrogen-bond acceptors (Lipinski definition) is 5. The van der Waals surface area contributed by atoms with Crippen molar-refractivity contribution in [2.75, 3.05) is 27.6 Å². The van der Waals surface area contributed by atoms with E-state index < -0.39 is 20.0 Å². The number of rotatable bonds is 6. The molecule has 0 atom stereocenters. The highest BCUT2D eigenvalue weighted by molar-refractivity contribution is 7.92. The Bertz CT molecular complexity index is 999. The van der Waals surface area contributed by atoms with Crippen LogP contribution in [0.4, 0.5) is 17.1 Å². The molecule has 2 aromatic rings. The van der Waals surface area contributed by atoms with E-state index in [1.165, 1.54) is 62.5 Å². The van der Waals surface area contributed by atoms with Crippen LogP contribution in [-0.4, -0.2) is 36.0 Å². The lowest BCUT2D eigenvalue weighted by Gasteiger charge is -2.17. The van der Waals surface area contributed by atoms with Crippen molar-refractivity contribution in [3.63, 3.8) is 0 Å². The van der Waals surface area contributed by atoms with E-state index in [0.717, 1.165) is 10.6 Å². The number of amides is 1. The number of nitrogens with zero attached hydrogens (tertiary/aromatic N) is 1. The van der Waals surface area contributed by atoms with Gasteiger partial charge in [0.15, 0.2) is 0 Å². The third-order valence-corrected chi connectivity index (χ3v) is 6.07. The maximum Gasteiger partial charge on any atom is 0.261 e. The molecule has 0 bridgehead atoms. The van der Waals surface area contributed by atoms with Gasteiger partial charge in [-0.3, -0.25) is 13.8 Å². The third kappa shape index (κ3) is 4.96. The molecule has 1 amide bonds. The summed E-state index contributed by atoms with van der Waals surface area (Å²) in [7, 11) is -5.80. The highest BCUT2D eigenvalue weighted by Crippen LogP contribution is 2.22. The lowest BCUT2D eigenvalue weighted by atomic mass is 10.3. The first-order valence-electron chi connectivity index (χ1n) is 7.43. The van der Waals surface area contributed by atoms with Gasteiger partial charge in [0.2, 0.25) is 15.9 Å². The van der Waals surface area contributed by atoms with Crippen molar-refractivity contribution in [3.8, 4) is 0 Å². The average molecular weight is 397 g/mol. The lowest BCUT2D eigenvalue weighted by Crippen LogP contribution is -2.24. The number of carbonyl (C=O) groups excluding carboxylic acids is 1. The summed E-state index contributed by atoms with van der Waals surface area (Å²) < 4.78 is 51.3. The van der Waals surface area contributed by atoms with E-state index in [2.05, 4.69) is 10.0 Å². The number of sulfonamides is 2. The summed E-state index contributed by atoms with van der Waals surface area (Å²) in [5, 5.41) is 2.55. The summed E-state index contributed by atoms with van der Waals surface area (Å²) in [5.41, 5.74) is 1.20. The van der Waals surface area contributed by atoms with E-state index >= 15 is 0 Å². The lowest BCUT2D eigenvalue weighted by molar-refractivity contribution is -0.114. The Balaban J connectivity index is 2.17. The Morgan fingerprint density at radius 1 is 0.885 bits per heavy atom. The molecule has 0 fully saturated rings. The summed E-state index contributed by atoms with van der Waals surface area (Å²) in [5.74, 6) is -0.252. The number of anilines is 3. The second-order valence-corrected chi connectivity index (χ2v) is 9.28. The molecular formula is C16H19N3O5S2. The van der Waals surface area contributed by atoms with E-state index in [0.29, 0.717) is 17.1 Å². The fraction of sp³-hybridized carbons (Fsp3) is 0.188. The van der Waals surface area contributed by atoms with Gasteiger partial charge in [-0.05, 0) is 48.5 Å². The molecule has 26 heavy (non-hydrogen) atoms. The van der Waals surface area contributed by atoms with Gasteiger partial charge < -0.3 is 5.32 Å². The van der Waals surface area contributed by atoms with Crippen molar-refractivity contribution < 1.29 is 21.6 Å². The molecule has 0 saturated heterocycles. The molecule has 0 unspecified atom stereocenters. The summed E-state index contributed by atoms with van der Waals surface area (Å²) in [6.45, 7) is 1.36. The summed E-state index contributed by atoms with van der Waals surface area (Å²) in [6.07, 6.45) is 1.08. The van der Waals surface area contributed by atoms with Gasteiger partial charge in [0.1, 0.15) is 0 Å². The highest BCUT2D eigenvalue weighted by atomic mass is 32.2. The van der Waals surface area contributed by atoms with Crippen LogP contribution in [-0.2, 0) is 24.8 Å². The molecule has 2 rings (SSSR count). The molecule has 0 aliphatic carbocycles. The number of carbonyl (C=O) groups is 1. The smallest absolute Gasteiger partial charge is 0.261 e. The first-order chi connectivity index (χ1) is 12.0. The maximum atomic E-state index is 12.4. The minimum atomic E-state index is -3.81. The normalized spacial score (nSPS) is 11.7. The second kappa shape index (κ2) is 7.34. The van der Waals surface area contributed by atoms with Crippen molar-refractivity contribution in [2.45, 2.75) is 11.8 Å². The average Bonchev–Trinajstić information content (AvgIpc) is 2.53. The summed E-state index contributed by atoms with van der Waals surface area (Å²) in [6, 6.07) is 11.7. The Morgan fingerprint density at radius 3 is 1.85 bits per heavy atom. The molecule has 2 aromatic carbocycles. The molecule has 10 heteroatoms. The van der Waals surface area contributed by atoms with Crippen LogP contribution in [0.1, 0.15) is 6.92 Å². The minimum absolute atomic E-state index is 0.0314. The van der Waals surface area contributed by atoms with E-state index in [-0.39, 0.29) is 10.8 Å². The molecule has 0 aromatic heterocycles. The summed E-state index contributed by atoms with van der Waals surface area (Å²) in [4.78, 5) is 11.0. The van der Waals surface area contributed by atoms with Gasteiger partial charge in [-0.2, -0.15) is 0 Å². The monoisotopic (exact) mass is 397 g/mol. The predicted octanol–water partition coefficient (Wildman–Crippen LogP) is 1.84. The molecule has 140 valence electrons. The predicted molar refractivity (Wildman–Crippen MR) is 101 cm³/mol. The highest BCUT2D eigenvalue weighted by Gasteiger charge is 2.15.